The van der Waals surface area contributed by atoms with Crippen LogP contribution in [0.2, 0.25) is 0 Å². The molecule has 0 atom stereocenters. The largest absolute Gasteiger partial charge is 0.507 e. The SMILES string of the molecule is COc1ccc(Br)c(CCc2ccc(O)c(Br)c2)c1. The molecule has 2 rings (SSSR count). The maximum Gasteiger partial charge on any atom is 0.129 e. The van der Waals surface area contributed by atoms with E-state index in [0.717, 1.165) is 27.5 Å². The number of benzene rings is 2. The molecule has 0 amide bonds. The van der Waals surface area contributed by atoms with E-state index in [0.29, 0.717) is 0 Å². The first kappa shape index (κ1) is 14.4. The topological polar surface area (TPSA) is 29.5 Å². The van der Waals surface area contributed by atoms with Gasteiger partial charge in [0.25, 0.3) is 0 Å². The van der Waals surface area contributed by atoms with Gasteiger partial charge in [-0.05, 0) is 70.2 Å². The normalized spacial score (nSPS) is 10.5. The number of methoxy groups -OCH3 is 1. The summed E-state index contributed by atoms with van der Waals surface area (Å²) in [5.41, 5.74) is 2.39. The predicted molar refractivity (Wildman–Crippen MR) is 83.9 cm³/mol. The van der Waals surface area contributed by atoms with Gasteiger partial charge in [0, 0.05) is 4.47 Å². The standard InChI is InChI=1S/C15H14Br2O2/c1-19-12-5-6-13(16)11(9-12)4-2-10-3-7-15(18)14(17)8-10/h3,5-9,18H,2,4H2,1H3. The number of phenols is 1. The van der Waals surface area contributed by atoms with Gasteiger partial charge in [0.15, 0.2) is 0 Å². The number of ether oxygens (including phenoxy) is 1. The van der Waals surface area contributed by atoms with E-state index in [1.165, 1.54) is 11.1 Å². The Balaban J connectivity index is 2.11. The second-order valence-corrected chi connectivity index (χ2v) is 5.95. The van der Waals surface area contributed by atoms with E-state index in [9.17, 15) is 5.11 Å². The Bertz CT molecular complexity index is 582. The summed E-state index contributed by atoms with van der Waals surface area (Å²) in [6.07, 6.45) is 1.82. The van der Waals surface area contributed by atoms with Gasteiger partial charge in [-0.3, -0.25) is 0 Å². The first-order valence-corrected chi connectivity index (χ1v) is 7.48. The van der Waals surface area contributed by atoms with Crippen LogP contribution in [0.3, 0.4) is 0 Å². The lowest BCUT2D eigenvalue weighted by atomic mass is 10.0. The highest BCUT2D eigenvalue weighted by atomic mass is 79.9. The molecule has 0 radical (unpaired) electrons. The van der Waals surface area contributed by atoms with Crippen LogP contribution in [0.1, 0.15) is 11.1 Å². The zero-order valence-corrected chi connectivity index (χ0v) is 13.7. The molecule has 19 heavy (non-hydrogen) atoms. The molecular weight excluding hydrogens is 372 g/mol. The molecule has 0 saturated heterocycles. The lowest BCUT2D eigenvalue weighted by Gasteiger charge is -2.08. The van der Waals surface area contributed by atoms with Crippen LogP contribution >= 0.6 is 31.9 Å². The molecule has 0 heterocycles. The van der Waals surface area contributed by atoms with Crippen molar-refractivity contribution in [1.82, 2.24) is 0 Å². The van der Waals surface area contributed by atoms with Crippen molar-refractivity contribution in [3.63, 3.8) is 0 Å². The first-order valence-electron chi connectivity index (χ1n) is 5.90. The number of hydrogen-bond donors (Lipinski definition) is 1. The summed E-state index contributed by atoms with van der Waals surface area (Å²) >= 11 is 6.88. The average molecular weight is 386 g/mol. The molecule has 0 fully saturated rings. The number of aromatic hydroxyl groups is 1. The Morgan fingerprint density at radius 1 is 1.00 bits per heavy atom. The molecule has 0 aliphatic rings. The van der Waals surface area contributed by atoms with Crippen molar-refractivity contribution in [2.75, 3.05) is 7.11 Å². The first-order chi connectivity index (χ1) is 9.10. The van der Waals surface area contributed by atoms with Crippen LogP contribution in [0.15, 0.2) is 45.3 Å². The van der Waals surface area contributed by atoms with Crippen molar-refractivity contribution in [2.24, 2.45) is 0 Å². The van der Waals surface area contributed by atoms with Crippen LogP contribution in [-0.4, -0.2) is 12.2 Å². The number of rotatable bonds is 4. The smallest absolute Gasteiger partial charge is 0.129 e. The van der Waals surface area contributed by atoms with Crippen LogP contribution in [0, 0.1) is 0 Å². The molecule has 0 saturated carbocycles. The van der Waals surface area contributed by atoms with E-state index in [4.69, 9.17) is 4.74 Å². The van der Waals surface area contributed by atoms with Crippen molar-refractivity contribution in [1.29, 1.82) is 0 Å². The summed E-state index contributed by atoms with van der Waals surface area (Å²) in [5, 5.41) is 9.47. The van der Waals surface area contributed by atoms with Crippen molar-refractivity contribution < 1.29 is 9.84 Å². The van der Waals surface area contributed by atoms with Crippen LogP contribution < -0.4 is 4.74 Å². The maximum absolute atomic E-state index is 9.47. The molecule has 2 aromatic carbocycles. The zero-order valence-electron chi connectivity index (χ0n) is 10.5. The Morgan fingerprint density at radius 3 is 2.47 bits per heavy atom. The quantitative estimate of drug-likeness (QED) is 0.825. The fourth-order valence-electron chi connectivity index (χ4n) is 1.85. The van der Waals surface area contributed by atoms with Crippen molar-refractivity contribution in [3.05, 3.63) is 56.5 Å². The van der Waals surface area contributed by atoms with Crippen LogP contribution in [0.4, 0.5) is 0 Å². The van der Waals surface area contributed by atoms with Crippen molar-refractivity contribution >= 4 is 31.9 Å². The van der Waals surface area contributed by atoms with Crippen LogP contribution in [-0.2, 0) is 12.8 Å². The van der Waals surface area contributed by atoms with E-state index in [1.54, 1.807) is 13.2 Å². The zero-order chi connectivity index (χ0) is 13.8. The van der Waals surface area contributed by atoms with Crippen LogP contribution in [0.25, 0.3) is 0 Å². The predicted octanol–water partition coefficient (Wildman–Crippen LogP) is 4.71. The highest BCUT2D eigenvalue weighted by molar-refractivity contribution is 9.10. The molecule has 0 bridgehead atoms. The summed E-state index contributed by atoms with van der Waals surface area (Å²) in [6.45, 7) is 0. The van der Waals surface area contributed by atoms with Gasteiger partial charge in [-0.1, -0.05) is 22.0 Å². The van der Waals surface area contributed by atoms with Gasteiger partial charge in [0.1, 0.15) is 11.5 Å². The van der Waals surface area contributed by atoms with E-state index in [1.807, 2.05) is 30.3 Å². The fourth-order valence-corrected chi connectivity index (χ4v) is 2.73. The van der Waals surface area contributed by atoms with Crippen molar-refractivity contribution in [2.45, 2.75) is 12.8 Å². The van der Waals surface area contributed by atoms with E-state index >= 15 is 0 Å². The highest BCUT2D eigenvalue weighted by Crippen LogP contribution is 2.27. The molecule has 4 heteroatoms. The van der Waals surface area contributed by atoms with Gasteiger partial charge in [0.05, 0.1) is 11.6 Å². The Hall–Kier alpha value is -1.00. The molecule has 100 valence electrons. The molecule has 0 unspecified atom stereocenters. The Kier molecular flexibility index (Phi) is 4.88. The molecule has 0 aliphatic carbocycles. The van der Waals surface area contributed by atoms with Gasteiger partial charge < -0.3 is 9.84 Å². The number of halogens is 2. The maximum atomic E-state index is 9.47. The van der Waals surface area contributed by atoms with Gasteiger partial charge in [-0.2, -0.15) is 0 Å². The summed E-state index contributed by atoms with van der Waals surface area (Å²) < 4.78 is 7.06. The molecular formula is C15H14Br2O2. The van der Waals surface area contributed by atoms with Crippen molar-refractivity contribution in [3.8, 4) is 11.5 Å². The van der Waals surface area contributed by atoms with Crippen LogP contribution in [0.5, 0.6) is 11.5 Å². The fraction of sp³-hybridized carbons (Fsp3) is 0.200. The second kappa shape index (κ2) is 6.44. The Morgan fingerprint density at radius 2 is 1.79 bits per heavy atom. The summed E-state index contributed by atoms with van der Waals surface area (Å²) in [5.74, 6) is 1.14. The lowest BCUT2D eigenvalue weighted by Crippen LogP contribution is -1.94. The molecule has 0 spiro atoms. The molecule has 2 nitrogen and oxygen atoms in total. The minimum absolute atomic E-state index is 0.270. The summed E-state index contributed by atoms with van der Waals surface area (Å²) in [7, 11) is 1.67. The molecule has 2 aromatic rings. The van der Waals surface area contributed by atoms with E-state index < -0.39 is 0 Å². The molecule has 1 N–H and O–H groups in total. The molecule has 0 aliphatic heterocycles. The van der Waals surface area contributed by atoms with Gasteiger partial charge in [0.2, 0.25) is 0 Å². The average Bonchev–Trinajstić information content (AvgIpc) is 2.41. The number of aryl methyl sites for hydroxylation is 2. The lowest BCUT2D eigenvalue weighted by molar-refractivity contribution is 0.414. The third-order valence-corrected chi connectivity index (χ3v) is 4.36. The molecule has 0 aromatic heterocycles. The summed E-state index contributed by atoms with van der Waals surface area (Å²) in [4.78, 5) is 0. The highest BCUT2D eigenvalue weighted by Gasteiger charge is 2.04. The van der Waals surface area contributed by atoms with E-state index in [-0.39, 0.29) is 5.75 Å². The summed E-state index contributed by atoms with van der Waals surface area (Å²) in [6, 6.07) is 11.6. The second-order valence-electron chi connectivity index (χ2n) is 4.24. The van der Waals surface area contributed by atoms with Gasteiger partial charge in [-0.15, -0.1) is 0 Å². The van der Waals surface area contributed by atoms with Gasteiger partial charge in [-0.25, -0.2) is 0 Å². The minimum atomic E-state index is 0.270. The monoisotopic (exact) mass is 384 g/mol. The minimum Gasteiger partial charge on any atom is -0.507 e. The van der Waals surface area contributed by atoms with Gasteiger partial charge >= 0.3 is 0 Å². The third-order valence-electron chi connectivity index (χ3n) is 2.95. The number of phenolic OH excluding ortho intramolecular Hbond substituents is 1. The third kappa shape index (κ3) is 3.74. The Labute approximate surface area is 129 Å². The number of hydrogen-bond acceptors (Lipinski definition) is 2. The van der Waals surface area contributed by atoms with E-state index in [2.05, 4.69) is 31.9 Å².